The molecule has 4 atom stereocenters. The normalized spacial score (nSPS) is 35.2. The highest BCUT2D eigenvalue weighted by Gasteiger charge is 2.46. The maximum Gasteiger partial charge on any atom is 0.255 e. The van der Waals surface area contributed by atoms with Crippen LogP contribution in [0.1, 0.15) is 62.2 Å². The predicted molar refractivity (Wildman–Crippen MR) is 118 cm³/mol. The number of likely N-dealkylation sites (tertiary alicyclic amines) is 1. The number of fused-ring (bicyclic) bond motifs is 2. The average molecular weight is 427 g/mol. The van der Waals surface area contributed by atoms with Gasteiger partial charge in [-0.15, -0.1) is 0 Å². The number of hydrogen-bond donors (Lipinski definition) is 1. The third-order valence-corrected chi connectivity index (χ3v) is 8.70. The van der Waals surface area contributed by atoms with Gasteiger partial charge in [-0.25, -0.2) is 0 Å². The number of nitrogens with zero attached hydrogens (tertiary/aromatic N) is 3. The SMILES string of the molecule is CC1(CC2CCN(C(=O)c3cccnc3)CC2)SC(=N[C@H]2C[C@H]3CC[C@H]2C3)NC1=O. The molecule has 2 aliphatic heterocycles. The number of amidine groups is 1. The van der Waals surface area contributed by atoms with Crippen LogP contribution in [0.2, 0.25) is 0 Å². The second-order valence-corrected chi connectivity index (χ2v) is 11.1. The van der Waals surface area contributed by atoms with E-state index in [1.165, 1.54) is 25.7 Å². The van der Waals surface area contributed by atoms with Gasteiger partial charge in [0.2, 0.25) is 5.91 Å². The van der Waals surface area contributed by atoms with Gasteiger partial charge in [0.05, 0.1) is 16.4 Å². The van der Waals surface area contributed by atoms with E-state index in [-0.39, 0.29) is 11.8 Å². The lowest BCUT2D eigenvalue weighted by Gasteiger charge is -2.34. The summed E-state index contributed by atoms with van der Waals surface area (Å²) >= 11 is 1.63. The third kappa shape index (κ3) is 3.88. The summed E-state index contributed by atoms with van der Waals surface area (Å²) in [5.41, 5.74) is 0.648. The molecule has 7 heteroatoms. The summed E-state index contributed by atoms with van der Waals surface area (Å²) in [6.07, 6.45) is 11.2. The van der Waals surface area contributed by atoms with E-state index in [9.17, 15) is 9.59 Å². The summed E-state index contributed by atoms with van der Waals surface area (Å²) < 4.78 is -0.448. The lowest BCUT2D eigenvalue weighted by molar-refractivity contribution is -0.121. The van der Waals surface area contributed by atoms with Crippen LogP contribution in [0.4, 0.5) is 0 Å². The number of aromatic nitrogens is 1. The highest BCUT2D eigenvalue weighted by molar-refractivity contribution is 8.16. The van der Waals surface area contributed by atoms with Crippen LogP contribution in [-0.2, 0) is 4.79 Å². The highest BCUT2D eigenvalue weighted by Crippen LogP contribution is 2.47. The number of hydrogen-bond acceptors (Lipinski definition) is 5. The van der Waals surface area contributed by atoms with Crippen molar-refractivity contribution in [3.05, 3.63) is 30.1 Å². The fraction of sp³-hybridized carbons (Fsp3) is 0.652. The molecule has 2 amide bonds. The molecule has 0 spiro atoms. The maximum absolute atomic E-state index is 12.8. The Morgan fingerprint density at radius 3 is 2.80 bits per heavy atom. The Bertz CT molecular complexity index is 852. The summed E-state index contributed by atoms with van der Waals surface area (Å²) in [4.78, 5) is 36.3. The molecule has 6 nitrogen and oxygen atoms in total. The molecule has 0 radical (unpaired) electrons. The number of thioether (sulfide) groups is 1. The number of amides is 2. The Morgan fingerprint density at radius 2 is 2.13 bits per heavy atom. The molecule has 3 heterocycles. The molecule has 1 aromatic rings. The van der Waals surface area contributed by atoms with E-state index in [2.05, 4.69) is 17.2 Å². The monoisotopic (exact) mass is 426 g/mol. The van der Waals surface area contributed by atoms with Gasteiger partial charge in [-0.3, -0.25) is 19.6 Å². The van der Waals surface area contributed by atoms with Crippen LogP contribution in [0.3, 0.4) is 0 Å². The van der Waals surface area contributed by atoms with Crippen molar-refractivity contribution in [2.75, 3.05) is 13.1 Å². The summed E-state index contributed by atoms with van der Waals surface area (Å²) in [5, 5.41) is 3.91. The van der Waals surface area contributed by atoms with Gasteiger partial charge in [-0.05, 0) is 75.3 Å². The molecule has 4 aliphatic rings. The first-order valence-corrected chi connectivity index (χ1v) is 12.1. The van der Waals surface area contributed by atoms with Gasteiger partial charge in [-0.1, -0.05) is 18.2 Å². The van der Waals surface area contributed by atoms with E-state index in [1.807, 2.05) is 11.0 Å². The molecule has 1 unspecified atom stereocenters. The first-order chi connectivity index (χ1) is 14.5. The third-order valence-electron chi connectivity index (χ3n) is 7.49. The number of carbonyl (C=O) groups is 2. The van der Waals surface area contributed by atoms with Crippen LogP contribution in [-0.4, -0.2) is 50.7 Å². The van der Waals surface area contributed by atoms with Crippen molar-refractivity contribution in [3.8, 4) is 0 Å². The van der Waals surface area contributed by atoms with Crippen molar-refractivity contribution < 1.29 is 9.59 Å². The molecular weight excluding hydrogens is 396 g/mol. The Morgan fingerprint density at radius 1 is 1.30 bits per heavy atom. The standard InChI is InChI=1S/C23H30N4O2S/c1-23(21(29)26-22(30-23)25-19-12-16-4-5-17(19)11-16)13-15-6-9-27(10-7-15)20(28)18-3-2-8-24-14-18/h2-3,8,14-17,19H,4-7,9-13H2,1H3,(H,25,26,29)/t16-,17-,19-,23?/m0/s1. The molecular formula is C23H30N4O2S. The molecule has 2 saturated carbocycles. The van der Waals surface area contributed by atoms with Gasteiger partial charge in [-0.2, -0.15) is 0 Å². The minimum atomic E-state index is -0.448. The molecule has 160 valence electrons. The minimum Gasteiger partial charge on any atom is -0.339 e. The molecule has 2 aliphatic carbocycles. The van der Waals surface area contributed by atoms with Crippen molar-refractivity contribution in [1.29, 1.82) is 0 Å². The van der Waals surface area contributed by atoms with Crippen LogP contribution >= 0.6 is 11.8 Å². The first kappa shape index (κ1) is 20.0. The summed E-state index contributed by atoms with van der Waals surface area (Å²) in [6, 6.07) is 4.03. The second kappa shape index (κ2) is 7.98. The van der Waals surface area contributed by atoms with Crippen molar-refractivity contribution in [3.63, 3.8) is 0 Å². The van der Waals surface area contributed by atoms with Gasteiger partial charge >= 0.3 is 0 Å². The highest BCUT2D eigenvalue weighted by atomic mass is 32.2. The van der Waals surface area contributed by atoms with Crippen molar-refractivity contribution >= 4 is 28.7 Å². The fourth-order valence-electron chi connectivity index (χ4n) is 5.79. The molecule has 4 fully saturated rings. The lowest BCUT2D eigenvalue weighted by Crippen LogP contribution is -2.41. The number of aliphatic imine (C=N–C) groups is 1. The van der Waals surface area contributed by atoms with E-state index in [1.54, 1.807) is 30.2 Å². The molecule has 2 saturated heterocycles. The van der Waals surface area contributed by atoms with Gasteiger partial charge in [0, 0.05) is 25.5 Å². The number of rotatable bonds is 4. The van der Waals surface area contributed by atoms with Gasteiger partial charge in [0.25, 0.3) is 5.91 Å². The van der Waals surface area contributed by atoms with E-state index in [0.717, 1.165) is 49.4 Å². The molecule has 2 bridgehead atoms. The first-order valence-electron chi connectivity index (χ1n) is 11.3. The Hall–Kier alpha value is -1.89. The largest absolute Gasteiger partial charge is 0.339 e. The average Bonchev–Trinajstić information content (AvgIpc) is 3.44. The summed E-state index contributed by atoms with van der Waals surface area (Å²) in [7, 11) is 0. The second-order valence-electron chi connectivity index (χ2n) is 9.64. The Labute approximate surface area is 182 Å². The van der Waals surface area contributed by atoms with Gasteiger partial charge in [0.15, 0.2) is 5.17 Å². The van der Waals surface area contributed by atoms with E-state index >= 15 is 0 Å². The van der Waals surface area contributed by atoms with E-state index < -0.39 is 4.75 Å². The number of carbonyl (C=O) groups excluding carboxylic acids is 2. The summed E-state index contributed by atoms with van der Waals surface area (Å²) in [5.74, 6) is 2.20. The zero-order valence-corrected chi connectivity index (χ0v) is 18.4. The molecule has 0 aromatic carbocycles. The van der Waals surface area contributed by atoms with Crippen molar-refractivity contribution in [2.24, 2.45) is 22.7 Å². The van der Waals surface area contributed by atoms with Crippen molar-refractivity contribution in [2.45, 2.75) is 62.7 Å². The predicted octanol–water partition coefficient (Wildman–Crippen LogP) is 3.49. The number of piperidine rings is 1. The Kier molecular flexibility index (Phi) is 5.33. The number of pyridine rings is 1. The molecule has 5 rings (SSSR count). The lowest BCUT2D eigenvalue weighted by atomic mass is 9.87. The van der Waals surface area contributed by atoms with Crippen LogP contribution in [0, 0.1) is 17.8 Å². The van der Waals surface area contributed by atoms with Gasteiger partial charge < -0.3 is 10.2 Å². The molecule has 1 aromatic heterocycles. The fourth-order valence-corrected chi connectivity index (χ4v) is 7.01. The van der Waals surface area contributed by atoms with Crippen LogP contribution in [0.25, 0.3) is 0 Å². The topological polar surface area (TPSA) is 74.7 Å². The molecule has 30 heavy (non-hydrogen) atoms. The zero-order chi connectivity index (χ0) is 20.7. The maximum atomic E-state index is 12.8. The van der Waals surface area contributed by atoms with E-state index in [4.69, 9.17) is 4.99 Å². The van der Waals surface area contributed by atoms with Gasteiger partial charge in [0.1, 0.15) is 0 Å². The molecule has 1 N–H and O–H groups in total. The van der Waals surface area contributed by atoms with Crippen LogP contribution in [0.15, 0.2) is 29.5 Å². The van der Waals surface area contributed by atoms with Crippen LogP contribution in [0.5, 0.6) is 0 Å². The van der Waals surface area contributed by atoms with Crippen molar-refractivity contribution in [1.82, 2.24) is 15.2 Å². The van der Waals surface area contributed by atoms with Crippen LogP contribution < -0.4 is 5.32 Å². The minimum absolute atomic E-state index is 0.0565. The zero-order valence-electron chi connectivity index (χ0n) is 17.5. The smallest absolute Gasteiger partial charge is 0.255 e. The van der Waals surface area contributed by atoms with E-state index in [0.29, 0.717) is 17.5 Å². The Balaban J connectivity index is 1.16. The quantitative estimate of drug-likeness (QED) is 0.800. The summed E-state index contributed by atoms with van der Waals surface area (Å²) in [6.45, 7) is 3.54. The number of nitrogens with one attached hydrogen (secondary N) is 1.